The summed E-state index contributed by atoms with van der Waals surface area (Å²) < 4.78 is 0.511. The molecular formula is C27H40BrNO3. The Balaban J connectivity index is 0.00000227. The lowest BCUT2D eigenvalue weighted by Crippen LogP contribution is -2.41. The van der Waals surface area contributed by atoms with Crippen LogP contribution in [0, 0.1) is 0 Å². The first-order valence-electron chi connectivity index (χ1n) is 11.6. The molecule has 0 bridgehead atoms. The molecule has 0 spiro atoms. The van der Waals surface area contributed by atoms with Crippen LogP contribution in [0.4, 0.5) is 0 Å². The van der Waals surface area contributed by atoms with E-state index in [4.69, 9.17) is 0 Å². The molecule has 1 amide bonds. The van der Waals surface area contributed by atoms with Gasteiger partial charge in [-0.15, -0.1) is 0 Å². The number of nitrogens with one attached hydrogen (secondary N) is 1. The average molecular weight is 507 g/mol. The van der Waals surface area contributed by atoms with Crippen molar-refractivity contribution in [3.63, 3.8) is 0 Å². The minimum absolute atomic E-state index is 0.273. The summed E-state index contributed by atoms with van der Waals surface area (Å²) in [6.45, 7) is 17.5. The van der Waals surface area contributed by atoms with Crippen molar-refractivity contribution in [1.29, 1.82) is 0 Å². The van der Waals surface area contributed by atoms with E-state index in [9.17, 15) is 14.7 Å². The van der Waals surface area contributed by atoms with Gasteiger partial charge in [0.2, 0.25) is 0 Å². The Kier molecular flexibility index (Phi) is 14.0. The monoisotopic (exact) mass is 505 g/mol. The molecule has 1 unspecified atom stereocenters. The number of carbonyl (C=O) groups is 2. The molecule has 1 heterocycles. The number of halogens is 1. The molecule has 0 aromatic carbocycles. The third-order valence-corrected chi connectivity index (χ3v) is 5.39. The zero-order chi connectivity index (χ0) is 24.9. The van der Waals surface area contributed by atoms with Crippen LogP contribution in [0.15, 0.2) is 69.4 Å². The van der Waals surface area contributed by atoms with Crippen LogP contribution in [0.25, 0.3) is 0 Å². The lowest BCUT2D eigenvalue weighted by Gasteiger charge is -2.21. The van der Waals surface area contributed by atoms with Gasteiger partial charge < -0.3 is 10.4 Å². The number of rotatable bonds is 6. The standard InChI is InChI=1S/C23H28BrNO3.2C2H6/c1-5-9-18(13-17-11-8-7-10-15(17)3)21(26)14-23(28)19(12-16(4)24)20(6-2)25-22(23)27;2*1-2/h5-6,9,12-13,28H,4,7-8,10-11,14H2,1-3H3,(H,25,27);2*1-2H3/b9-5-,18-13+,19-12+,20-6+;;. The number of aliphatic hydroxyl groups is 1. The highest BCUT2D eigenvalue weighted by Crippen LogP contribution is 2.36. The Morgan fingerprint density at radius 2 is 1.78 bits per heavy atom. The first-order valence-corrected chi connectivity index (χ1v) is 12.4. The number of ketones is 1. The van der Waals surface area contributed by atoms with E-state index < -0.39 is 11.5 Å². The van der Waals surface area contributed by atoms with E-state index in [2.05, 4.69) is 34.7 Å². The third kappa shape index (κ3) is 7.86. The predicted molar refractivity (Wildman–Crippen MR) is 139 cm³/mol. The minimum Gasteiger partial charge on any atom is -0.375 e. The summed E-state index contributed by atoms with van der Waals surface area (Å²) in [5, 5.41) is 13.8. The van der Waals surface area contributed by atoms with Crippen LogP contribution in [-0.2, 0) is 9.59 Å². The number of Topliss-reactive ketones (excluding diaryl/α,β-unsaturated/α-hetero) is 1. The molecule has 0 radical (unpaired) electrons. The molecule has 32 heavy (non-hydrogen) atoms. The molecule has 1 aliphatic carbocycles. The largest absolute Gasteiger partial charge is 0.375 e. The van der Waals surface area contributed by atoms with Crippen LogP contribution in [0.1, 0.15) is 80.6 Å². The summed E-state index contributed by atoms with van der Waals surface area (Å²) in [6, 6.07) is 0. The molecule has 5 heteroatoms. The van der Waals surface area contributed by atoms with Crippen LogP contribution in [0.2, 0.25) is 0 Å². The Hall–Kier alpha value is -1.98. The highest BCUT2D eigenvalue weighted by molar-refractivity contribution is 9.11. The van der Waals surface area contributed by atoms with Crippen molar-refractivity contribution in [3.8, 4) is 0 Å². The first-order chi connectivity index (χ1) is 15.2. The van der Waals surface area contributed by atoms with Crippen molar-refractivity contribution in [2.45, 2.75) is 86.2 Å². The quantitative estimate of drug-likeness (QED) is 0.301. The maximum absolute atomic E-state index is 13.1. The predicted octanol–water partition coefficient (Wildman–Crippen LogP) is 6.99. The molecular weight excluding hydrogens is 466 g/mol. The summed E-state index contributed by atoms with van der Waals surface area (Å²) in [4.78, 5) is 25.6. The highest BCUT2D eigenvalue weighted by atomic mass is 79.9. The van der Waals surface area contributed by atoms with E-state index in [1.807, 2.05) is 40.7 Å². The Morgan fingerprint density at radius 3 is 2.28 bits per heavy atom. The van der Waals surface area contributed by atoms with Crippen molar-refractivity contribution in [1.82, 2.24) is 5.32 Å². The number of allylic oxidation sites excluding steroid dienone is 9. The van der Waals surface area contributed by atoms with Gasteiger partial charge in [0.05, 0.1) is 6.42 Å². The van der Waals surface area contributed by atoms with E-state index in [0.717, 1.165) is 19.3 Å². The van der Waals surface area contributed by atoms with Gasteiger partial charge in [-0.3, -0.25) is 9.59 Å². The van der Waals surface area contributed by atoms with Gasteiger partial charge in [0.1, 0.15) is 0 Å². The maximum atomic E-state index is 13.1. The van der Waals surface area contributed by atoms with Crippen molar-refractivity contribution in [2.24, 2.45) is 0 Å². The van der Waals surface area contributed by atoms with Crippen molar-refractivity contribution < 1.29 is 14.7 Å². The van der Waals surface area contributed by atoms with Gasteiger partial charge in [-0.25, -0.2) is 0 Å². The number of hydrogen-bond donors (Lipinski definition) is 2. The molecule has 0 saturated carbocycles. The van der Waals surface area contributed by atoms with Crippen LogP contribution < -0.4 is 5.32 Å². The summed E-state index contributed by atoms with van der Waals surface area (Å²) in [5.74, 6) is -0.869. The third-order valence-electron chi connectivity index (χ3n) is 5.16. The second-order valence-corrected chi connectivity index (χ2v) is 8.25. The summed E-state index contributed by atoms with van der Waals surface area (Å²) in [6.07, 6.45) is 12.7. The van der Waals surface area contributed by atoms with E-state index >= 15 is 0 Å². The zero-order valence-corrected chi connectivity index (χ0v) is 22.4. The Labute approximate surface area is 203 Å². The van der Waals surface area contributed by atoms with Crippen LogP contribution in [0.5, 0.6) is 0 Å². The fraction of sp³-hybridized carbons (Fsp3) is 0.481. The molecule has 0 aromatic heterocycles. The van der Waals surface area contributed by atoms with E-state index in [0.29, 0.717) is 21.3 Å². The number of hydrogen-bond acceptors (Lipinski definition) is 3. The van der Waals surface area contributed by atoms with Gasteiger partial charge in [-0.1, -0.05) is 74.0 Å². The Bertz CT molecular complexity index is 843. The zero-order valence-electron chi connectivity index (χ0n) is 20.8. The second-order valence-electron chi connectivity index (χ2n) is 7.23. The molecule has 4 nitrogen and oxygen atoms in total. The topological polar surface area (TPSA) is 66.4 Å². The fourth-order valence-corrected chi connectivity index (χ4v) is 3.82. The highest BCUT2D eigenvalue weighted by Gasteiger charge is 2.49. The van der Waals surface area contributed by atoms with Crippen LogP contribution >= 0.6 is 15.9 Å². The second kappa shape index (κ2) is 15.0. The number of carbonyl (C=O) groups excluding carboxylic acids is 2. The van der Waals surface area contributed by atoms with Gasteiger partial charge in [0.15, 0.2) is 11.4 Å². The van der Waals surface area contributed by atoms with Gasteiger partial charge >= 0.3 is 0 Å². The first kappa shape index (κ1) is 30.0. The van der Waals surface area contributed by atoms with Gasteiger partial charge in [-0.05, 0) is 64.2 Å². The van der Waals surface area contributed by atoms with Crippen LogP contribution in [0.3, 0.4) is 0 Å². The maximum Gasteiger partial charge on any atom is 0.261 e. The summed E-state index contributed by atoms with van der Waals surface area (Å²) >= 11 is 3.24. The molecule has 1 atom stereocenters. The molecule has 2 N–H and O–H groups in total. The molecule has 1 aliphatic heterocycles. The smallest absolute Gasteiger partial charge is 0.261 e. The summed E-state index contributed by atoms with van der Waals surface area (Å²) in [5.41, 5.74) is 1.89. The lowest BCUT2D eigenvalue weighted by molar-refractivity contribution is -0.136. The minimum atomic E-state index is -1.92. The van der Waals surface area contributed by atoms with Crippen molar-refractivity contribution in [3.05, 3.63) is 69.4 Å². The fourth-order valence-electron chi connectivity index (χ4n) is 3.59. The molecule has 178 valence electrons. The molecule has 2 aliphatic rings. The molecule has 2 rings (SSSR count). The van der Waals surface area contributed by atoms with E-state index in [1.165, 1.54) is 17.6 Å². The van der Waals surface area contributed by atoms with Gasteiger partial charge in [0.25, 0.3) is 5.91 Å². The molecule has 0 aromatic rings. The average Bonchev–Trinajstić information content (AvgIpc) is 3.01. The SMILES string of the molecule is C=C(Br)/C=C1\C(=C/C)NC(=O)C1(O)CC(=O)C(/C=C\C)=C/C1=C(C)CCCC1.CC.CC. The Morgan fingerprint density at radius 1 is 1.19 bits per heavy atom. The number of amides is 1. The molecule has 1 fully saturated rings. The summed E-state index contributed by atoms with van der Waals surface area (Å²) in [7, 11) is 0. The van der Waals surface area contributed by atoms with Gasteiger partial charge in [-0.2, -0.15) is 0 Å². The van der Waals surface area contributed by atoms with Crippen molar-refractivity contribution >= 4 is 27.6 Å². The normalized spacial score (nSPS) is 23.5. The lowest BCUT2D eigenvalue weighted by atomic mass is 9.85. The molecule has 1 saturated heterocycles. The van der Waals surface area contributed by atoms with Crippen molar-refractivity contribution in [2.75, 3.05) is 0 Å². The van der Waals surface area contributed by atoms with E-state index in [-0.39, 0.29) is 12.2 Å². The van der Waals surface area contributed by atoms with Crippen LogP contribution in [-0.4, -0.2) is 22.4 Å². The van der Waals surface area contributed by atoms with Gasteiger partial charge in [0, 0.05) is 21.3 Å². The van der Waals surface area contributed by atoms with E-state index in [1.54, 1.807) is 31.2 Å².